The summed E-state index contributed by atoms with van der Waals surface area (Å²) in [6, 6.07) is 0. The number of aliphatic hydroxyl groups is 1. The fourth-order valence-corrected chi connectivity index (χ4v) is 2.54. The van der Waals surface area contributed by atoms with E-state index in [0.29, 0.717) is 5.25 Å². The van der Waals surface area contributed by atoms with Crippen LogP contribution in [-0.4, -0.2) is 35.8 Å². The molecule has 0 radical (unpaired) electrons. The van der Waals surface area contributed by atoms with E-state index in [9.17, 15) is 5.11 Å². The van der Waals surface area contributed by atoms with Crippen LogP contribution in [0.25, 0.3) is 0 Å². The summed E-state index contributed by atoms with van der Waals surface area (Å²) in [7, 11) is 0. The zero-order chi connectivity index (χ0) is 11.1. The van der Waals surface area contributed by atoms with E-state index >= 15 is 0 Å². The maximum Gasteiger partial charge on any atom is 0.0667 e. The standard InChI is InChI=1S/C12H25NOS/c1-10(15-2)8-13-9-12(14)7-11-5-3-4-6-11/h10-14H,3-9H2,1-2H3. The summed E-state index contributed by atoms with van der Waals surface area (Å²) in [6.45, 7) is 3.98. The van der Waals surface area contributed by atoms with Gasteiger partial charge in [0.15, 0.2) is 0 Å². The molecule has 1 rings (SSSR count). The zero-order valence-corrected chi connectivity index (χ0v) is 10.9. The third kappa shape index (κ3) is 5.79. The molecule has 2 atom stereocenters. The Morgan fingerprint density at radius 3 is 2.60 bits per heavy atom. The monoisotopic (exact) mass is 231 g/mol. The highest BCUT2D eigenvalue weighted by Crippen LogP contribution is 2.28. The molecule has 2 N–H and O–H groups in total. The van der Waals surface area contributed by atoms with Gasteiger partial charge in [0.25, 0.3) is 0 Å². The Kier molecular flexibility index (Phi) is 6.69. The van der Waals surface area contributed by atoms with Crippen molar-refractivity contribution >= 4 is 11.8 Å². The van der Waals surface area contributed by atoms with Crippen molar-refractivity contribution < 1.29 is 5.11 Å². The first-order valence-electron chi connectivity index (χ1n) is 6.14. The first kappa shape index (κ1) is 13.3. The molecular formula is C12H25NOS. The van der Waals surface area contributed by atoms with E-state index in [-0.39, 0.29) is 6.10 Å². The largest absolute Gasteiger partial charge is 0.392 e. The zero-order valence-electron chi connectivity index (χ0n) is 10.0. The normalized spacial score (nSPS) is 21.8. The molecule has 0 saturated heterocycles. The van der Waals surface area contributed by atoms with Crippen molar-refractivity contribution in [1.29, 1.82) is 0 Å². The molecule has 0 spiro atoms. The smallest absolute Gasteiger partial charge is 0.0667 e. The van der Waals surface area contributed by atoms with Gasteiger partial charge < -0.3 is 10.4 Å². The van der Waals surface area contributed by atoms with Crippen molar-refractivity contribution in [3.05, 3.63) is 0 Å². The molecule has 0 heterocycles. The van der Waals surface area contributed by atoms with E-state index in [2.05, 4.69) is 18.5 Å². The Hall–Kier alpha value is 0.270. The van der Waals surface area contributed by atoms with Crippen LogP contribution < -0.4 is 5.32 Å². The molecule has 0 aliphatic heterocycles. The van der Waals surface area contributed by atoms with Crippen LogP contribution in [0.2, 0.25) is 0 Å². The number of hydrogen-bond acceptors (Lipinski definition) is 3. The Morgan fingerprint density at radius 1 is 1.33 bits per heavy atom. The van der Waals surface area contributed by atoms with Gasteiger partial charge in [-0.3, -0.25) is 0 Å². The van der Waals surface area contributed by atoms with E-state index in [4.69, 9.17) is 0 Å². The number of rotatable bonds is 7. The molecule has 1 aliphatic carbocycles. The van der Waals surface area contributed by atoms with Crippen molar-refractivity contribution in [3.63, 3.8) is 0 Å². The van der Waals surface area contributed by atoms with Crippen LogP contribution in [0.5, 0.6) is 0 Å². The number of thioether (sulfide) groups is 1. The fraction of sp³-hybridized carbons (Fsp3) is 1.00. The van der Waals surface area contributed by atoms with Gasteiger partial charge in [-0.15, -0.1) is 0 Å². The molecule has 0 amide bonds. The second-order valence-corrected chi connectivity index (χ2v) is 6.02. The average molecular weight is 231 g/mol. The Morgan fingerprint density at radius 2 is 2.00 bits per heavy atom. The first-order chi connectivity index (χ1) is 7.22. The molecule has 2 nitrogen and oxygen atoms in total. The quantitative estimate of drug-likeness (QED) is 0.705. The SMILES string of the molecule is CSC(C)CNCC(O)CC1CCCC1. The summed E-state index contributed by atoms with van der Waals surface area (Å²) in [5.74, 6) is 0.791. The van der Waals surface area contributed by atoms with Crippen LogP contribution in [0.3, 0.4) is 0 Å². The van der Waals surface area contributed by atoms with Crippen molar-refractivity contribution in [2.75, 3.05) is 19.3 Å². The van der Waals surface area contributed by atoms with Crippen LogP contribution in [0.15, 0.2) is 0 Å². The molecule has 0 aromatic rings. The molecule has 1 saturated carbocycles. The van der Waals surface area contributed by atoms with Gasteiger partial charge in [-0.05, 0) is 18.6 Å². The van der Waals surface area contributed by atoms with E-state index in [1.54, 1.807) is 0 Å². The highest BCUT2D eigenvalue weighted by Gasteiger charge is 2.18. The van der Waals surface area contributed by atoms with Crippen LogP contribution in [0, 0.1) is 5.92 Å². The third-order valence-electron chi connectivity index (χ3n) is 3.29. The minimum atomic E-state index is -0.137. The highest BCUT2D eigenvalue weighted by molar-refractivity contribution is 7.99. The first-order valence-corrected chi connectivity index (χ1v) is 7.42. The summed E-state index contributed by atoms with van der Waals surface area (Å²) in [6.07, 6.45) is 8.39. The van der Waals surface area contributed by atoms with Crippen molar-refractivity contribution in [1.82, 2.24) is 5.32 Å². The van der Waals surface area contributed by atoms with Crippen LogP contribution in [0.4, 0.5) is 0 Å². The van der Waals surface area contributed by atoms with Crippen molar-refractivity contribution in [2.24, 2.45) is 5.92 Å². The summed E-state index contributed by atoms with van der Waals surface area (Å²) in [5, 5.41) is 13.8. The molecule has 3 heteroatoms. The topological polar surface area (TPSA) is 32.3 Å². The van der Waals surface area contributed by atoms with Gasteiger partial charge in [0.2, 0.25) is 0 Å². The maximum absolute atomic E-state index is 9.83. The summed E-state index contributed by atoms with van der Waals surface area (Å²) >= 11 is 1.87. The maximum atomic E-state index is 9.83. The molecule has 90 valence electrons. The summed E-state index contributed by atoms with van der Waals surface area (Å²) in [4.78, 5) is 0. The molecule has 0 aromatic heterocycles. The molecule has 1 fully saturated rings. The van der Waals surface area contributed by atoms with Gasteiger partial charge in [0.1, 0.15) is 0 Å². The van der Waals surface area contributed by atoms with Gasteiger partial charge in [0.05, 0.1) is 6.10 Å². The van der Waals surface area contributed by atoms with Crippen LogP contribution >= 0.6 is 11.8 Å². The Bertz CT molecular complexity index is 160. The van der Waals surface area contributed by atoms with Crippen LogP contribution in [-0.2, 0) is 0 Å². The predicted molar refractivity (Wildman–Crippen MR) is 68.4 cm³/mol. The molecule has 15 heavy (non-hydrogen) atoms. The van der Waals surface area contributed by atoms with Crippen LogP contribution in [0.1, 0.15) is 39.0 Å². The fourth-order valence-electron chi connectivity index (χ4n) is 2.25. The number of nitrogens with one attached hydrogen (secondary N) is 1. The van der Waals surface area contributed by atoms with Crippen molar-refractivity contribution in [2.45, 2.75) is 50.4 Å². The van der Waals surface area contributed by atoms with Gasteiger partial charge >= 0.3 is 0 Å². The molecule has 1 aliphatic rings. The van der Waals surface area contributed by atoms with Crippen molar-refractivity contribution in [3.8, 4) is 0 Å². The van der Waals surface area contributed by atoms with Gasteiger partial charge in [-0.2, -0.15) is 11.8 Å². The summed E-state index contributed by atoms with van der Waals surface area (Å²) < 4.78 is 0. The average Bonchev–Trinajstić information content (AvgIpc) is 2.70. The van der Waals surface area contributed by atoms with Gasteiger partial charge in [-0.25, -0.2) is 0 Å². The second-order valence-electron chi connectivity index (χ2n) is 4.74. The van der Waals surface area contributed by atoms with Gasteiger partial charge in [-0.1, -0.05) is 32.6 Å². The lowest BCUT2D eigenvalue weighted by molar-refractivity contribution is 0.141. The Labute approximate surface area is 98.2 Å². The molecule has 0 bridgehead atoms. The molecular weight excluding hydrogens is 206 g/mol. The second kappa shape index (κ2) is 7.53. The highest BCUT2D eigenvalue weighted by atomic mass is 32.2. The van der Waals surface area contributed by atoms with Gasteiger partial charge in [0, 0.05) is 18.3 Å². The van der Waals surface area contributed by atoms with E-state index in [0.717, 1.165) is 25.4 Å². The third-order valence-corrected chi connectivity index (χ3v) is 4.27. The predicted octanol–water partition coefficient (Wildman–Crippen LogP) is 2.27. The minimum Gasteiger partial charge on any atom is -0.392 e. The lowest BCUT2D eigenvalue weighted by Gasteiger charge is -2.17. The molecule has 2 unspecified atom stereocenters. The lowest BCUT2D eigenvalue weighted by atomic mass is 10.0. The Balaban J connectivity index is 2.00. The minimum absolute atomic E-state index is 0.137. The van der Waals surface area contributed by atoms with E-state index in [1.807, 2.05) is 11.8 Å². The molecule has 0 aromatic carbocycles. The lowest BCUT2D eigenvalue weighted by Crippen LogP contribution is -2.32. The number of aliphatic hydroxyl groups excluding tert-OH is 1. The number of hydrogen-bond donors (Lipinski definition) is 2. The van der Waals surface area contributed by atoms with E-state index < -0.39 is 0 Å². The van der Waals surface area contributed by atoms with E-state index in [1.165, 1.54) is 25.7 Å². The summed E-state index contributed by atoms with van der Waals surface area (Å²) in [5.41, 5.74) is 0.